The number of nitrogens with one attached hydrogen (secondary N) is 1. The molecule has 180 valence electrons. The molecule has 0 aliphatic carbocycles. The van der Waals surface area contributed by atoms with Gasteiger partial charge in [-0.25, -0.2) is 4.98 Å². The number of anilines is 1. The highest BCUT2D eigenvalue weighted by atomic mass is 32.2. The molecule has 0 fully saturated rings. The van der Waals surface area contributed by atoms with Crippen LogP contribution in [0.15, 0.2) is 90.0 Å². The summed E-state index contributed by atoms with van der Waals surface area (Å²) >= 11 is 1.06. The van der Waals surface area contributed by atoms with Crippen molar-refractivity contribution in [3.8, 4) is 28.5 Å². The Morgan fingerprint density at radius 3 is 2.36 bits per heavy atom. The normalized spacial score (nSPS) is 11.1. The van der Waals surface area contributed by atoms with Crippen LogP contribution >= 0.6 is 11.8 Å². The van der Waals surface area contributed by atoms with Gasteiger partial charge in [-0.05, 0) is 36.8 Å². The first-order valence-corrected chi connectivity index (χ1v) is 11.9. The Morgan fingerprint density at radius 2 is 1.69 bits per heavy atom. The second kappa shape index (κ2) is 10.7. The molecule has 0 radical (unpaired) electrons. The van der Waals surface area contributed by atoms with Gasteiger partial charge in [-0.15, -0.1) is 0 Å². The van der Waals surface area contributed by atoms with Gasteiger partial charge in [0.15, 0.2) is 0 Å². The summed E-state index contributed by atoms with van der Waals surface area (Å²) in [6.07, 6.45) is -4.51. The lowest BCUT2D eigenvalue weighted by molar-refractivity contribution is -0.137. The molecule has 0 saturated carbocycles. The van der Waals surface area contributed by atoms with Crippen LogP contribution in [0.1, 0.15) is 16.7 Å². The quantitative estimate of drug-likeness (QED) is 0.280. The topological polar surface area (TPSA) is 65.8 Å². The van der Waals surface area contributed by atoms with E-state index in [9.17, 15) is 23.2 Å². The molecule has 8 heteroatoms. The highest BCUT2D eigenvalue weighted by Gasteiger charge is 2.30. The molecular weight excluding hydrogens is 483 g/mol. The summed E-state index contributed by atoms with van der Waals surface area (Å²) in [5.41, 5.74) is 3.63. The number of benzene rings is 3. The van der Waals surface area contributed by atoms with Gasteiger partial charge in [0.1, 0.15) is 11.1 Å². The number of aryl methyl sites for hydroxylation is 1. The maximum absolute atomic E-state index is 13.0. The van der Waals surface area contributed by atoms with Crippen molar-refractivity contribution in [1.29, 1.82) is 5.26 Å². The molecule has 3 aromatic carbocycles. The van der Waals surface area contributed by atoms with Crippen molar-refractivity contribution in [2.75, 3.05) is 11.1 Å². The number of hydrogen-bond donors (Lipinski definition) is 1. The van der Waals surface area contributed by atoms with E-state index in [0.29, 0.717) is 21.8 Å². The van der Waals surface area contributed by atoms with Gasteiger partial charge < -0.3 is 5.32 Å². The number of nitrogens with zero attached hydrogens (tertiary/aromatic N) is 2. The Bertz CT molecular complexity index is 1430. The second-order valence-electron chi connectivity index (χ2n) is 7.99. The molecule has 0 atom stereocenters. The second-order valence-corrected chi connectivity index (χ2v) is 8.96. The van der Waals surface area contributed by atoms with E-state index < -0.39 is 17.6 Å². The number of amides is 1. The fraction of sp³-hybridized carbons (Fsp3) is 0.107. The molecule has 1 heterocycles. The van der Waals surface area contributed by atoms with Crippen molar-refractivity contribution in [3.05, 3.63) is 102 Å². The Balaban J connectivity index is 1.64. The first-order valence-electron chi connectivity index (χ1n) is 10.9. The molecule has 0 aliphatic heterocycles. The van der Waals surface area contributed by atoms with Crippen LogP contribution < -0.4 is 5.32 Å². The minimum Gasteiger partial charge on any atom is -0.325 e. The van der Waals surface area contributed by atoms with E-state index in [4.69, 9.17) is 0 Å². The molecule has 0 aliphatic rings. The highest BCUT2D eigenvalue weighted by molar-refractivity contribution is 8.00. The van der Waals surface area contributed by atoms with Crippen LogP contribution in [0.5, 0.6) is 0 Å². The van der Waals surface area contributed by atoms with Gasteiger partial charge in [0, 0.05) is 16.8 Å². The van der Waals surface area contributed by atoms with Crippen LogP contribution in [0.3, 0.4) is 0 Å². The fourth-order valence-corrected chi connectivity index (χ4v) is 4.36. The van der Waals surface area contributed by atoms with Crippen molar-refractivity contribution in [2.24, 2.45) is 0 Å². The standard InChI is InChI=1S/C28H20F3N3OS/c1-18-10-12-19(13-11-18)23-15-25(20-6-3-2-4-7-20)34-27(24(23)16-32)36-17-26(35)33-22-9-5-8-21(14-22)28(29,30)31/h2-15H,17H2,1H3,(H,33,35). The predicted octanol–water partition coefficient (Wildman–Crippen LogP) is 7.35. The van der Waals surface area contributed by atoms with Gasteiger partial charge >= 0.3 is 6.18 Å². The Labute approximate surface area is 210 Å². The Morgan fingerprint density at radius 1 is 0.972 bits per heavy atom. The summed E-state index contributed by atoms with van der Waals surface area (Å²) in [6, 6.07) is 25.7. The Hall–Kier alpha value is -4.09. The van der Waals surface area contributed by atoms with E-state index in [1.165, 1.54) is 12.1 Å². The third-order valence-electron chi connectivity index (χ3n) is 5.34. The van der Waals surface area contributed by atoms with Crippen LogP contribution in [0.25, 0.3) is 22.4 Å². The zero-order chi connectivity index (χ0) is 25.7. The lowest BCUT2D eigenvalue weighted by Crippen LogP contribution is -2.15. The van der Waals surface area contributed by atoms with Gasteiger partial charge in [0.2, 0.25) is 5.91 Å². The number of thioether (sulfide) groups is 1. The molecule has 36 heavy (non-hydrogen) atoms. The van der Waals surface area contributed by atoms with Crippen LogP contribution in [-0.4, -0.2) is 16.6 Å². The number of rotatable bonds is 6. The van der Waals surface area contributed by atoms with Crippen molar-refractivity contribution in [1.82, 2.24) is 4.98 Å². The van der Waals surface area contributed by atoms with Crippen LogP contribution in [0, 0.1) is 18.3 Å². The predicted molar refractivity (Wildman–Crippen MR) is 135 cm³/mol. The van der Waals surface area contributed by atoms with Crippen LogP contribution in [-0.2, 0) is 11.0 Å². The molecule has 0 bridgehead atoms. The molecule has 0 saturated heterocycles. The molecule has 0 spiro atoms. The zero-order valence-electron chi connectivity index (χ0n) is 19.1. The number of carbonyl (C=O) groups excluding carboxylic acids is 1. The van der Waals surface area contributed by atoms with E-state index >= 15 is 0 Å². The van der Waals surface area contributed by atoms with Gasteiger partial charge in [-0.3, -0.25) is 4.79 Å². The molecule has 4 rings (SSSR count). The minimum absolute atomic E-state index is 0.0438. The van der Waals surface area contributed by atoms with Gasteiger partial charge in [-0.1, -0.05) is 78.0 Å². The average Bonchev–Trinajstić information content (AvgIpc) is 2.87. The highest BCUT2D eigenvalue weighted by Crippen LogP contribution is 2.35. The van der Waals surface area contributed by atoms with Crippen molar-refractivity contribution in [3.63, 3.8) is 0 Å². The number of carbonyl (C=O) groups is 1. The largest absolute Gasteiger partial charge is 0.416 e. The molecule has 4 nitrogen and oxygen atoms in total. The van der Waals surface area contributed by atoms with Crippen LogP contribution in [0.4, 0.5) is 18.9 Å². The number of pyridine rings is 1. The third kappa shape index (κ3) is 5.93. The summed E-state index contributed by atoms with van der Waals surface area (Å²) in [5.74, 6) is -0.643. The molecule has 1 aromatic heterocycles. The smallest absolute Gasteiger partial charge is 0.325 e. The maximum Gasteiger partial charge on any atom is 0.416 e. The third-order valence-corrected chi connectivity index (χ3v) is 6.32. The minimum atomic E-state index is -4.51. The lowest BCUT2D eigenvalue weighted by atomic mass is 9.98. The monoisotopic (exact) mass is 503 g/mol. The molecule has 1 N–H and O–H groups in total. The summed E-state index contributed by atoms with van der Waals surface area (Å²) in [4.78, 5) is 17.2. The number of aromatic nitrogens is 1. The fourth-order valence-electron chi connectivity index (χ4n) is 3.56. The number of alkyl halides is 3. The summed E-state index contributed by atoms with van der Waals surface area (Å²) < 4.78 is 38.9. The van der Waals surface area contributed by atoms with Gasteiger partial charge in [-0.2, -0.15) is 18.4 Å². The first-order chi connectivity index (χ1) is 17.2. The first kappa shape index (κ1) is 25.0. The Kier molecular flexibility index (Phi) is 7.41. The summed E-state index contributed by atoms with van der Waals surface area (Å²) in [5, 5.41) is 12.8. The number of hydrogen-bond acceptors (Lipinski definition) is 4. The van der Waals surface area contributed by atoms with E-state index in [0.717, 1.165) is 40.6 Å². The van der Waals surface area contributed by atoms with Gasteiger partial charge in [0.25, 0.3) is 0 Å². The van der Waals surface area contributed by atoms with E-state index in [-0.39, 0.29) is 11.4 Å². The van der Waals surface area contributed by atoms with Crippen LogP contribution in [0.2, 0.25) is 0 Å². The van der Waals surface area contributed by atoms with E-state index in [1.807, 2.05) is 67.6 Å². The van der Waals surface area contributed by atoms with Crippen molar-refractivity contribution >= 4 is 23.4 Å². The lowest BCUT2D eigenvalue weighted by Gasteiger charge is -2.13. The van der Waals surface area contributed by atoms with Gasteiger partial charge in [0.05, 0.1) is 22.6 Å². The van der Waals surface area contributed by atoms with Crippen molar-refractivity contribution < 1.29 is 18.0 Å². The SMILES string of the molecule is Cc1ccc(-c2cc(-c3ccccc3)nc(SCC(=O)Nc3cccc(C(F)(F)F)c3)c2C#N)cc1. The molecular formula is C28H20F3N3OS. The molecule has 0 unspecified atom stereocenters. The van der Waals surface area contributed by atoms with Crippen molar-refractivity contribution in [2.45, 2.75) is 18.1 Å². The number of halogens is 3. The summed E-state index contributed by atoms with van der Waals surface area (Å²) in [6.45, 7) is 1.97. The summed E-state index contributed by atoms with van der Waals surface area (Å²) in [7, 11) is 0. The maximum atomic E-state index is 13.0. The number of nitriles is 1. The average molecular weight is 504 g/mol. The van der Waals surface area contributed by atoms with E-state index in [1.54, 1.807) is 0 Å². The zero-order valence-corrected chi connectivity index (χ0v) is 20.0. The molecule has 4 aromatic rings. The molecule has 1 amide bonds. The van der Waals surface area contributed by atoms with E-state index in [2.05, 4.69) is 16.4 Å².